The lowest BCUT2D eigenvalue weighted by atomic mass is 10.1. The van der Waals surface area contributed by atoms with E-state index in [1.54, 1.807) is 31.2 Å². The monoisotopic (exact) mass is 290 g/mol. The van der Waals surface area contributed by atoms with Crippen LogP contribution in [-0.2, 0) is 0 Å². The second-order valence-electron chi connectivity index (χ2n) is 4.10. The number of benzene rings is 2. The molecule has 0 heterocycles. The third-order valence-electron chi connectivity index (χ3n) is 2.71. The number of hydrogen-bond donors (Lipinski definition) is 1. The minimum Gasteiger partial charge on any atom is -0.267 e. The van der Waals surface area contributed by atoms with E-state index in [1.165, 1.54) is 18.2 Å². The highest BCUT2D eigenvalue weighted by Crippen LogP contribution is 2.15. The van der Waals surface area contributed by atoms with E-state index >= 15 is 0 Å². The van der Waals surface area contributed by atoms with Crippen LogP contribution in [0.5, 0.6) is 0 Å². The summed E-state index contributed by atoms with van der Waals surface area (Å²) in [5.41, 5.74) is 3.52. The highest BCUT2D eigenvalue weighted by Gasteiger charge is 2.10. The topological polar surface area (TPSA) is 41.5 Å². The first-order chi connectivity index (χ1) is 9.59. The molecule has 0 saturated carbocycles. The van der Waals surface area contributed by atoms with Crippen LogP contribution in [0.2, 0.25) is 5.02 Å². The molecule has 102 valence electrons. The molecule has 1 N–H and O–H groups in total. The molecule has 0 saturated heterocycles. The summed E-state index contributed by atoms with van der Waals surface area (Å²) in [4.78, 5) is 11.8. The maximum absolute atomic E-state index is 13.4. The zero-order valence-corrected chi connectivity index (χ0v) is 11.5. The van der Waals surface area contributed by atoms with Gasteiger partial charge in [-0.25, -0.2) is 9.82 Å². The number of carbonyl (C=O) groups is 1. The molecule has 2 rings (SSSR count). The van der Waals surface area contributed by atoms with Gasteiger partial charge < -0.3 is 0 Å². The Morgan fingerprint density at radius 2 is 1.70 bits per heavy atom. The Kier molecular flexibility index (Phi) is 4.48. The van der Waals surface area contributed by atoms with Gasteiger partial charge in [0.05, 0.1) is 11.3 Å². The predicted octanol–water partition coefficient (Wildman–Crippen LogP) is 3.63. The molecule has 0 aliphatic heterocycles. The van der Waals surface area contributed by atoms with Gasteiger partial charge in [0.25, 0.3) is 5.91 Å². The van der Waals surface area contributed by atoms with Gasteiger partial charge in [-0.3, -0.25) is 4.79 Å². The SMILES string of the molecule is CC(=NNC(=O)c1ccccc1F)c1ccccc1Cl. The summed E-state index contributed by atoms with van der Waals surface area (Å²) in [6.07, 6.45) is 0. The molecule has 0 atom stereocenters. The Labute approximate surface area is 121 Å². The van der Waals surface area contributed by atoms with Crippen molar-refractivity contribution in [3.05, 3.63) is 70.5 Å². The zero-order valence-electron chi connectivity index (χ0n) is 10.7. The van der Waals surface area contributed by atoms with Crippen LogP contribution in [-0.4, -0.2) is 11.6 Å². The Bertz CT molecular complexity index is 670. The van der Waals surface area contributed by atoms with Crippen LogP contribution in [0.1, 0.15) is 22.8 Å². The van der Waals surface area contributed by atoms with Gasteiger partial charge in [-0.2, -0.15) is 5.10 Å². The molecular formula is C15H12ClFN2O. The number of hydrogen-bond acceptors (Lipinski definition) is 2. The molecule has 5 heteroatoms. The molecule has 2 aromatic rings. The highest BCUT2D eigenvalue weighted by molar-refractivity contribution is 6.34. The second-order valence-corrected chi connectivity index (χ2v) is 4.51. The third-order valence-corrected chi connectivity index (χ3v) is 3.04. The van der Waals surface area contributed by atoms with Crippen LogP contribution < -0.4 is 5.43 Å². The fraction of sp³-hybridized carbons (Fsp3) is 0.0667. The maximum Gasteiger partial charge on any atom is 0.274 e. The Morgan fingerprint density at radius 1 is 1.10 bits per heavy atom. The summed E-state index contributed by atoms with van der Waals surface area (Å²) in [5.74, 6) is -1.19. The minimum absolute atomic E-state index is 0.0526. The number of hydrazone groups is 1. The number of amides is 1. The minimum atomic E-state index is -0.602. The van der Waals surface area contributed by atoms with Crippen molar-refractivity contribution in [3.8, 4) is 0 Å². The average molecular weight is 291 g/mol. The van der Waals surface area contributed by atoms with Crippen molar-refractivity contribution in [1.29, 1.82) is 0 Å². The van der Waals surface area contributed by atoms with Gasteiger partial charge in [-0.1, -0.05) is 41.9 Å². The van der Waals surface area contributed by atoms with Crippen LogP contribution in [0.15, 0.2) is 53.6 Å². The molecule has 1 amide bonds. The van der Waals surface area contributed by atoms with E-state index in [0.717, 1.165) is 0 Å². The van der Waals surface area contributed by atoms with Crippen molar-refractivity contribution in [1.82, 2.24) is 5.43 Å². The lowest BCUT2D eigenvalue weighted by Crippen LogP contribution is -2.20. The first kappa shape index (κ1) is 14.2. The lowest BCUT2D eigenvalue weighted by molar-refractivity contribution is 0.0951. The van der Waals surface area contributed by atoms with Crippen LogP contribution in [0, 0.1) is 5.82 Å². The molecule has 0 aliphatic carbocycles. The predicted molar refractivity (Wildman–Crippen MR) is 77.5 cm³/mol. The van der Waals surface area contributed by atoms with Crippen molar-refractivity contribution in [2.45, 2.75) is 6.92 Å². The molecule has 0 aliphatic rings. The van der Waals surface area contributed by atoms with E-state index in [1.807, 2.05) is 6.07 Å². The number of carbonyl (C=O) groups excluding carboxylic acids is 1. The molecule has 2 aromatic carbocycles. The Balaban J connectivity index is 2.16. The summed E-state index contributed by atoms with van der Waals surface area (Å²) in [6, 6.07) is 12.9. The number of nitrogens with zero attached hydrogens (tertiary/aromatic N) is 1. The smallest absolute Gasteiger partial charge is 0.267 e. The molecule has 0 spiro atoms. The van der Waals surface area contributed by atoms with Gasteiger partial charge in [0.1, 0.15) is 5.82 Å². The third kappa shape index (κ3) is 3.22. The summed E-state index contributed by atoms with van der Waals surface area (Å²) >= 11 is 6.02. The van der Waals surface area contributed by atoms with Gasteiger partial charge in [0, 0.05) is 10.6 Å². The summed E-state index contributed by atoms with van der Waals surface area (Å²) in [7, 11) is 0. The van der Waals surface area contributed by atoms with Crippen LogP contribution in [0.25, 0.3) is 0 Å². The quantitative estimate of drug-likeness (QED) is 0.680. The van der Waals surface area contributed by atoms with E-state index < -0.39 is 11.7 Å². The van der Waals surface area contributed by atoms with Gasteiger partial charge >= 0.3 is 0 Å². The van der Waals surface area contributed by atoms with Crippen LogP contribution in [0.4, 0.5) is 4.39 Å². The summed E-state index contributed by atoms with van der Waals surface area (Å²) in [5, 5.41) is 4.47. The van der Waals surface area contributed by atoms with Crippen molar-refractivity contribution in [2.75, 3.05) is 0 Å². The molecule has 20 heavy (non-hydrogen) atoms. The molecular weight excluding hydrogens is 279 g/mol. The van der Waals surface area contributed by atoms with Crippen molar-refractivity contribution >= 4 is 23.2 Å². The first-order valence-corrected chi connectivity index (χ1v) is 6.31. The van der Waals surface area contributed by atoms with E-state index in [-0.39, 0.29) is 5.56 Å². The number of rotatable bonds is 3. The fourth-order valence-electron chi connectivity index (χ4n) is 1.66. The number of nitrogens with one attached hydrogen (secondary N) is 1. The van der Waals surface area contributed by atoms with E-state index in [2.05, 4.69) is 10.5 Å². The standard InChI is InChI=1S/C15H12ClFN2O/c1-10(11-6-2-4-8-13(11)16)18-19-15(20)12-7-3-5-9-14(12)17/h2-9H,1H3,(H,19,20). The molecule has 0 fully saturated rings. The van der Waals surface area contributed by atoms with Gasteiger partial charge in [-0.05, 0) is 25.1 Å². The number of halogens is 2. The molecule has 3 nitrogen and oxygen atoms in total. The fourth-order valence-corrected chi connectivity index (χ4v) is 1.93. The largest absolute Gasteiger partial charge is 0.274 e. The molecule has 0 aromatic heterocycles. The summed E-state index contributed by atoms with van der Waals surface area (Å²) in [6.45, 7) is 1.71. The van der Waals surface area contributed by atoms with Crippen molar-refractivity contribution in [2.24, 2.45) is 5.10 Å². The van der Waals surface area contributed by atoms with Crippen LogP contribution >= 0.6 is 11.6 Å². The van der Waals surface area contributed by atoms with Crippen molar-refractivity contribution < 1.29 is 9.18 Å². The van der Waals surface area contributed by atoms with E-state index in [4.69, 9.17) is 11.6 Å². The van der Waals surface area contributed by atoms with Gasteiger partial charge in [-0.15, -0.1) is 0 Å². The van der Waals surface area contributed by atoms with Crippen LogP contribution in [0.3, 0.4) is 0 Å². The highest BCUT2D eigenvalue weighted by atomic mass is 35.5. The first-order valence-electron chi connectivity index (χ1n) is 5.93. The average Bonchev–Trinajstić information content (AvgIpc) is 2.45. The molecule has 0 bridgehead atoms. The molecule has 0 unspecified atom stereocenters. The Morgan fingerprint density at radius 3 is 2.35 bits per heavy atom. The summed E-state index contributed by atoms with van der Waals surface area (Å²) < 4.78 is 13.4. The maximum atomic E-state index is 13.4. The van der Waals surface area contributed by atoms with E-state index in [0.29, 0.717) is 16.3 Å². The molecule has 0 radical (unpaired) electrons. The van der Waals surface area contributed by atoms with E-state index in [9.17, 15) is 9.18 Å². The van der Waals surface area contributed by atoms with Gasteiger partial charge in [0.15, 0.2) is 0 Å². The normalized spacial score (nSPS) is 11.2. The zero-order chi connectivity index (χ0) is 14.5. The Hall–Kier alpha value is -2.20. The van der Waals surface area contributed by atoms with Crippen molar-refractivity contribution in [3.63, 3.8) is 0 Å². The van der Waals surface area contributed by atoms with Gasteiger partial charge in [0.2, 0.25) is 0 Å². The second kappa shape index (κ2) is 6.30. The lowest BCUT2D eigenvalue weighted by Gasteiger charge is -2.05.